The number of carbonyl (C=O) groups excluding carboxylic acids is 1. The van der Waals surface area contributed by atoms with Crippen LogP contribution in [0.1, 0.15) is 42.3 Å². The Morgan fingerprint density at radius 3 is 2.34 bits per heavy atom. The fourth-order valence-electron chi connectivity index (χ4n) is 2.98. The van der Waals surface area contributed by atoms with E-state index in [9.17, 15) is 4.79 Å². The highest BCUT2D eigenvalue weighted by atomic mass is 35.5. The highest BCUT2D eigenvalue weighted by molar-refractivity contribution is 6.30. The standard InChI is InChI=1S/C23H31ClN4O/c1-4-25-23(26-15-14-18-8-7-9-21(24)16-18)27-17-19-10-12-20(13-11-19)22(29)28(5-2)6-3/h7-13,16H,4-6,14-15,17H2,1-3H3,(H2,25,26,27). The number of benzene rings is 2. The highest BCUT2D eigenvalue weighted by Crippen LogP contribution is 2.11. The van der Waals surface area contributed by atoms with Crippen LogP contribution in [0.3, 0.4) is 0 Å². The lowest BCUT2D eigenvalue weighted by Gasteiger charge is -2.18. The third kappa shape index (κ3) is 7.42. The molecule has 0 radical (unpaired) electrons. The van der Waals surface area contributed by atoms with Crippen molar-refractivity contribution in [3.63, 3.8) is 0 Å². The summed E-state index contributed by atoms with van der Waals surface area (Å²) >= 11 is 6.04. The Kier molecular flexibility index (Phi) is 9.51. The minimum atomic E-state index is 0.0704. The van der Waals surface area contributed by atoms with Crippen molar-refractivity contribution in [2.45, 2.75) is 33.7 Å². The lowest BCUT2D eigenvalue weighted by molar-refractivity contribution is 0.0773. The van der Waals surface area contributed by atoms with Gasteiger partial charge in [-0.2, -0.15) is 0 Å². The van der Waals surface area contributed by atoms with E-state index in [4.69, 9.17) is 11.6 Å². The molecule has 0 saturated carbocycles. The molecule has 5 nitrogen and oxygen atoms in total. The SMILES string of the molecule is CCNC(=NCc1ccc(C(=O)N(CC)CC)cc1)NCCc1cccc(Cl)c1. The quantitative estimate of drug-likeness (QED) is 0.479. The number of nitrogens with zero attached hydrogens (tertiary/aromatic N) is 2. The largest absolute Gasteiger partial charge is 0.357 e. The number of hydrogen-bond donors (Lipinski definition) is 2. The maximum Gasteiger partial charge on any atom is 0.253 e. The van der Waals surface area contributed by atoms with Crippen molar-refractivity contribution in [3.8, 4) is 0 Å². The first-order valence-corrected chi connectivity index (χ1v) is 10.6. The van der Waals surface area contributed by atoms with E-state index in [2.05, 4.69) is 21.7 Å². The van der Waals surface area contributed by atoms with Crippen molar-refractivity contribution in [2.75, 3.05) is 26.2 Å². The monoisotopic (exact) mass is 414 g/mol. The van der Waals surface area contributed by atoms with Crippen LogP contribution in [0.5, 0.6) is 0 Å². The second kappa shape index (κ2) is 12.1. The second-order valence-electron chi connectivity index (χ2n) is 6.68. The number of amides is 1. The molecule has 0 saturated heterocycles. The van der Waals surface area contributed by atoms with Gasteiger partial charge in [0.1, 0.15) is 0 Å². The molecule has 0 spiro atoms. The van der Waals surface area contributed by atoms with E-state index in [-0.39, 0.29) is 5.91 Å². The van der Waals surface area contributed by atoms with Crippen LogP contribution < -0.4 is 10.6 Å². The molecule has 0 heterocycles. The zero-order valence-corrected chi connectivity index (χ0v) is 18.3. The molecule has 1 amide bonds. The van der Waals surface area contributed by atoms with Gasteiger partial charge < -0.3 is 15.5 Å². The van der Waals surface area contributed by atoms with Crippen LogP contribution in [-0.4, -0.2) is 42.9 Å². The summed E-state index contributed by atoms with van der Waals surface area (Å²) < 4.78 is 0. The van der Waals surface area contributed by atoms with Crippen molar-refractivity contribution in [1.29, 1.82) is 0 Å². The van der Waals surface area contributed by atoms with Crippen LogP contribution in [-0.2, 0) is 13.0 Å². The smallest absolute Gasteiger partial charge is 0.253 e. The Morgan fingerprint density at radius 1 is 1.00 bits per heavy atom. The van der Waals surface area contributed by atoms with E-state index in [1.807, 2.05) is 68.1 Å². The van der Waals surface area contributed by atoms with Crippen LogP contribution in [0, 0.1) is 0 Å². The molecule has 2 rings (SSSR count). The summed E-state index contributed by atoms with van der Waals surface area (Å²) in [5, 5.41) is 7.37. The molecular formula is C23H31ClN4O. The summed E-state index contributed by atoms with van der Waals surface area (Å²) in [5.41, 5.74) is 2.97. The summed E-state index contributed by atoms with van der Waals surface area (Å²) in [6.07, 6.45) is 0.868. The van der Waals surface area contributed by atoms with Crippen LogP contribution in [0.25, 0.3) is 0 Å². The predicted molar refractivity (Wildman–Crippen MR) is 122 cm³/mol. The Morgan fingerprint density at radius 2 is 1.72 bits per heavy atom. The normalized spacial score (nSPS) is 11.2. The number of nitrogens with one attached hydrogen (secondary N) is 2. The van der Waals surface area contributed by atoms with Crippen LogP contribution in [0.2, 0.25) is 5.02 Å². The summed E-state index contributed by atoms with van der Waals surface area (Å²) in [7, 11) is 0. The molecule has 29 heavy (non-hydrogen) atoms. The van der Waals surface area contributed by atoms with Crippen molar-refractivity contribution in [2.24, 2.45) is 4.99 Å². The minimum Gasteiger partial charge on any atom is -0.357 e. The van der Waals surface area contributed by atoms with Crippen LogP contribution in [0.15, 0.2) is 53.5 Å². The first-order chi connectivity index (χ1) is 14.1. The Bertz CT molecular complexity index is 801. The number of guanidine groups is 1. The number of hydrogen-bond acceptors (Lipinski definition) is 2. The first-order valence-electron chi connectivity index (χ1n) is 10.2. The van der Waals surface area contributed by atoms with Gasteiger partial charge in [0.25, 0.3) is 5.91 Å². The Balaban J connectivity index is 1.92. The molecular weight excluding hydrogens is 384 g/mol. The lowest BCUT2D eigenvalue weighted by atomic mass is 10.1. The van der Waals surface area contributed by atoms with Gasteiger partial charge in [0, 0.05) is 36.8 Å². The molecule has 0 bridgehead atoms. The van der Waals surface area contributed by atoms with E-state index in [0.717, 1.165) is 36.1 Å². The predicted octanol–water partition coefficient (Wildman–Crippen LogP) is 4.12. The number of aliphatic imine (C=N–C) groups is 1. The topological polar surface area (TPSA) is 56.7 Å². The van der Waals surface area contributed by atoms with Gasteiger partial charge in [0.15, 0.2) is 5.96 Å². The van der Waals surface area contributed by atoms with E-state index in [0.29, 0.717) is 25.2 Å². The van der Waals surface area contributed by atoms with Crippen molar-refractivity contribution < 1.29 is 4.79 Å². The van der Waals surface area contributed by atoms with Gasteiger partial charge in [-0.3, -0.25) is 4.79 Å². The van der Waals surface area contributed by atoms with Crippen molar-refractivity contribution in [1.82, 2.24) is 15.5 Å². The summed E-state index contributed by atoms with van der Waals surface area (Å²) in [5.74, 6) is 0.846. The zero-order valence-electron chi connectivity index (χ0n) is 17.5. The molecule has 2 aromatic carbocycles. The van der Waals surface area contributed by atoms with Gasteiger partial charge in [0.05, 0.1) is 6.54 Å². The van der Waals surface area contributed by atoms with Gasteiger partial charge in [-0.1, -0.05) is 35.9 Å². The van der Waals surface area contributed by atoms with Gasteiger partial charge in [0.2, 0.25) is 0 Å². The molecule has 0 fully saturated rings. The number of carbonyl (C=O) groups is 1. The third-order valence-electron chi connectivity index (χ3n) is 4.61. The number of halogens is 1. The molecule has 6 heteroatoms. The molecule has 0 unspecified atom stereocenters. The van der Waals surface area contributed by atoms with Gasteiger partial charge in [-0.25, -0.2) is 4.99 Å². The van der Waals surface area contributed by atoms with E-state index in [1.54, 1.807) is 0 Å². The summed E-state index contributed by atoms with van der Waals surface area (Å²) in [4.78, 5) is 18.9. The first kappa shape index (κ1) is 22.8. The Labute approximate surface area is 179 Å². The van der Waals surface area contributed by atoms with Crippen LogP contribution in [0.4, 0.5) is 0 Å². The van der Waals surface area contributed by atoms with E-state index in [1.165, 1.54) is 5.56 Å². The van der Waals surface area contributed by atoms with Gasteiger partial charge >= 0.3 is 0 Å². The van der Waals surface area contributed by atoms with Crippen molar-refractivity contribution >= 4 is 23.5 Å². The zero-order chi connectivity index (χ0) is 21.1. The molecule has 0 aliphatic rings. The number of rotatable bonds is 9. The fourth-order valence-corrected chi connectivity index (χ4v) is 3.19. The van der Waals surface area contributed by atoms with Gasteiger partial charge in [-0.15, -0.1) is 0 Å². The van der Waals surface area contributed by atoms with E-state index < -0.39 is 0 Å². The summed E-state index contributed by atoms with van der Waals surface area (Å²) in [6.45, 7) is 9.57. The highest BCUT2D eigenvalue weighted by Gasteiger charge is 2.11. The molecule has 0 aromatic heterocycles. The third-order valence-corrected chi connectivity index (χ3v) is 4.85. The molecule has 2 aromatic rings. The summed E-state index contributed by atoms with van der Waals surface area (Å²) in [6, 6.07) is 15.6. The second-order valence-corrected chi connectivity index (χ2v) is 7.11. The molecule has 0 atom stereocenters. The maximum absolute atomic E-state index is 12.4. The lowest BCUT2D eigenvalue weighted by Crippen LogP contribution is -2.38. The van der Waals surface area contributed by atoms with Crippen molar-refractivity contribution in [3.05, 3.63) is 70.2 Å². The van der Waals surface area contributed by atoms with Crippen LogP contribution >= 0.6 is 11.6 Å². The fraction of sp³-hybridized carbons (Fsp3) is 0.391. The molecule has 0 aliphatic carbocycles. The van der Waals surface area contributed by atoms with Gasteiger partial charge in [-0.05, 0) is 62.6 Å². The van der Waals surface area contributed by atoms with E-state index >= 15 is 0 Å². The molecule has 2 N–H and O–H groups in total. The maximum atomic E-state index is 12.4. The Hall–Kier alpha value is -2.53. The minimum absolute atomic E-state index is 0.0704. The molecule has 0 aliphatic heterocycles. The molecule has 156 valence electrons. The average Bonchev–Trinajstić information content (AvgIpc) is 2.73. The average molecular weight is 415 g/mol.